The lowest BCUT2D eigenvalue weighted by Gasteiger charge is -2.07. The van der Waals surface area contributed by atoms with Crippen LogP contribution in [0.15, 0.2) is 52.1 Å². The number of rotatable bonds is 3. The molecule has 5 nitrogen and oxygen atoms in total. The van der Waals surface area contributed by atoms with Crippen LogP contribution in [0.4, 0.5) is 10.1 Å². The first kappa shape index (κ1) is 15.0. The van der Waals surface area contributed by atoms with Crippen molar-refractivity contribution in [3.8, 4) is 0 Å². The molecular formula is C14H11BrFN3O2. The number of halogens is 2. The van der Waals surface area contributed by atoms with E-state index in [0.717, 1.165) is 0 Å². The number of hydrogen-bond donors (Lipinski definition) is 3. The third kappa shape index (κ3) is 3.57. The van der Waals surface area contributed by atoms with E-state index in [4.69, 9.17) is 10.9 Å². The molecule has 2 aromatic rings. The van der Waals surface area contributed by atoms with Gasteiger partial charge < -0.3 is 16.3 Å². The van der Waals surface area contributed by atoms with E-state index in [0.29, 0.717) is 16.8 Å². The molecule has 0 aliphatic rings. The van der Waals surface area contributed by atoms with Crippen molar-refractivity contribution in [2.45, 2.75) is 0 Å². The standard InChI is InChI=1S/C14H11BrFN3O2/c15-11-7-9(4-5-12(11)16)14(20)18-10-3-1-2-8(6-10)13(17)19-21/h1-7,21H,(H2,17,19)(H,18,20). The Morgan fingerprint density at radius 1 is 1.24 bits per heavy atom. The zero-order chi connectivity index (χ0) is 15.4. The number of oxime groups is 1. The molecule has 2 rings (SSSR count). The summed E-state index contributed by atoms with van der Waals surface area (Å²) >= 11 is 3.02. The summed E-state index contributed by atoms with van der Waals surface area (Å²) in [6.45, 7) is 0. The SMILES string of the molecule is N/C(=N/O)c1cccc(NC(=O)c2ccc(F)c(Br)c2)c1. The second kappa shape index (κ2) is 6.36. The van der Waals surface area contributed by atoms with Gasteiger partial charge in [0.1, 0.15) is 5.82 Å². The van der Waals surface area contributed by atoms with Crippen LogP contribution in [0.3, 0.4) is 0 Å². The predicted molar refractivity (Wildman–Crippen MR) is 81.0 cm³/mol. The summed E-state index contributed by atoms with van der Waals surface area (Å²) < 4.78 is 13.3. The van der Waals surface area contributed by atoms with Gasteiger partial charge in [0, 0.05) is 16.8 Å². The number of benzene rings is 2. The van der Waals surface area contributed by atoms with Crippen LogP contribution in [-0.4, -0.2) is 17.0 Å². The molecule has 0 heterocycles. The molecule has 0 saturated carbocycles. The van der Waals surface area contributed by atoms with Crippen molar-refractivity contribution in [2.75, 3.05) is 5.32 Å². The van der Waals surface area contributed by atoms with Gasteiger partial charge in [-0.25, -0.2) is 4.39 Å². The number of anilines is 1. The number of carbonyl (C=O) groups excluding carboxylic acids is 1. The largest absolute Gasteiger partial charge is 0.409 e. The summed E-state index contributed by atoms with van der Waals surface area (Å²) in [4.78, 5) is 12.1. The molecule has 1 amide bonds. The first-order valence-corrected chi connectivity index (χ1v) is 6.65. The van der Waals surface area contributed by atoms with Crippen LogP contribution in [0.1, 0.15) is 15.9 Å². The second-order valence-corrected chi connectivity index (χ2v) is 5.00. The van der Waals surface area contributed by atoms with Crippen LogP contribution in [0.25, 0.3) is 0 Å². The molecule has 7 heteroatoms. The highest BCUT2D eigenvalue weighted by molar-refractivity contribution is 9.10. The van der Waals surface area contributed by atoms with Gasteiger partial charge in [-0.15, -0.1) is 0 Å². The predicted octanol–water partition coefficient (Wildman–Crippen LogP) is 2.94. The third-order valence-electron chi connectivity index (χ3n) is 2.71. The molecule has 0 unspecified atom stereocenters. The van der Waals surface area contributed by atoms with E-state index in [9.17, 15) is 9.18 Å². The normalized spacial score (nSPS) is 11.2. The molecule has 2 aromatic carbocycles. The molecule has 0 spiro atoms. The monoisotopic (exact) mass is 351 g/mol. The van der Waals surface area contributed by atoms with Crippen LogP contribution in [0.2, 0.25) is 0 Å². The quantitative estimate of drug-likeness (QED) is 0.344. The van der Waals surface area contributed by atoms with E-state index in [1.807, 2.05) is 0 Å². The summed E-state index contributed by atoms with van der Waals surface area (Å²) in [5.41, 5.74) is 6.73. The fourth-order valence-corrected chi connectivity index (χ4v) is 2.03. The van der Waals surface area contributed by atoms with Crippen molar-refractivity contribution in [3.05, 3.63) is 63.9 Å². The fraction of sp³-hybridized carbons (Fsp3) is 0. The molecular weight excluding hydrogens is 341 g/mol. The molecule has 4 N–H and O–H groups in total. The van der Waals surface area contributed by atoms with E-state index >= 15 is 0 Å². The summed E-state index contributed by atoms with van der Waals surface area (Å²) in [5, 5.41) is 14.2. The Morgan fingerprint density at radius 3 is 2.67 bits per heavy atom. The zero-order valence-electron chi connectivity index (χ0n) is 10.7. The maximum absolute atomic E-state index is 13.1. The van der Waals surface area contributed by atoms with Gasteiger partial charge in [0.05, 0.1) is 4.47 Å². The van der Waals surface area contributed by atoms with Gasteiger partial charge in [0.15, 0.2) is 5.84 Å². The minimum Gasteiger partial charge on any atom is -0.409 e. The average molecular weight is 352 g/mol. The fourth-order valence-electron chi connectivity index (χ4n) is 1.65. The summed E-state index contributed by atoms with van der Waals surface area (Å²) in [6.07, 6.45) is 0. The lowest BCUT2D eigenvalue weighted by molar-refractivity contribution is 0.102. The lowest BCUT2D eigenvalue weighted by atomic mass is 10.1. The highest BCUT2D eigenvalue weighted by atomic mass is 79.9. The van der Waals surface area contributed by atoms with Crippen molar-refractivity contribution >= 4 is 33.4 Å². The lowest BCUT2D eigenvalue weighted by Crippen LogP contribution is -2.15. The van der Waals surface area contributed by atoms with Gasteiger partial charge in [-0.2, -0.15) is 0 Å². The molecule has 0 radical (unpaired) electrons. The van der Waals surface area contributed by atoms with Crippen LogP contribution in [0.5, 0.6) is 0 Å². The van der Waals surface area contributed by atoms with Crippen molar-refractivity contribution < 1.29 is 14.4 Å². The highest BCUT2D eigenvalue weighted by Gasteiger charge is 2.09. The number of nitrogens with one attached hydrogen (secondary N) is 1. The molecule has 0 fully saturated rings. The van der Waals surface area contributed by atoms with Gasteiger partial charge in [0.25, 0.3) is 5.91 Å². The van der Waals surface area contributed by atoms with E-state index in [1.165, 1.54) is 18.2 Å². The minimum absolute atomic E-state index is 0.0596. The van der Waals surface area contributed by atoms with Crippen molar-refractivity contribution in [1.82, 2.24) is 0 Å². The van der Waals surface area contributed by atoms with E-state index in [1.54, 1.807) is 24.3 Å². The van der Waals surface area contributed by atoms with Crippen molar-refractivity contribution in [2.24, 2.45) is 10.9 Å². The van der Waals surface area contributed by atoms with E-state index in [-0.39, 0.29) is 10.3 Å². The molecule has 0 saturated heterocycles. The Balaban J connectivity index is 2.21. The Bertz CT molecular complexity index is 719. The van der Waals surface area contributed by atoms with Gasteiger partial charge in [-0.05, 0) is 46.3 Å². The van der Waals surface area contributed by atoms with Crippen LogP contribution in [0, 0.1) is 5.82 Å². The molecule has 21 heavy (non-hydrogen) atoms. The van der Waals surface area contributed by atoms with Crippen molar-refractivity contribution in [1.29, 1.82) is 0 Å². The van der Waals surface area contributed by atoms with Gasteiger partial charge in [-0.3, -0.25) is 4.79 Å². The van der Waals surface area contributed by atoms with Crippen molar-refractivity contribution in [3.63, 3.8) is 0 Å². The Hall–Kier alpha value is -2.41. The number of nitrogens with zero attached hydrogens (tertiary/aromatic N) is 1. The maximum Gasteiger partial charge on any atom is 0.255 e. The Labute approximate surface area is 128 Å². The van der Waals surface area contributed by atoms with E-state index < -0.39 is 11.7 Å². The smallest absolute Gasteiger partial charge is 0.255 e. The molecule has 0 bridgehead atoms. The topological polar surface area (TPSA) is 87.7 Å². The molecule has 108 valence electrons. The number of hydrogen-bond acceptors (Lipinski definition) is 3. The minimum atomic E-state index is -0.444. The number of amidine groups is 1. The zero-order valence-corrected chi connectivity index (χ0v) is 12.3. The summed E-state index contributed by atoms with van der Waals surface area (Å²) in [7, 11) is 0. The maximum atomic E-state index is 13.1. The highest BCUT2D eigenvalue weighted by Crippen LogP contribution is 2.18. The molecule has 0 aliphatic heterocycles. The van der Waals surface area contributed by atoms with Gasteiger partial charge in [0.2, 0.25) is 0 Å². The van der Waals surface area contributed by atoms with E-state index in [2.05, 4.69) is 26.4 Å². The first-order chi connectivity index (χ1) is 10.0. The van der Waals surface area contributed by atoms with Crippen LogP contribution >= 0.6 is 15.9 Å². The number of nitrogens with two attached hydrogens (primary N) is 1. The Morgan fingerprint density at radius 2 is 2.00 bits per heavy atom. The molecule has 0 atom stereocenters. The number of carbonyl (C=O) groups is 1. The summed E-state index contributed by atoms with van der Waals surface area (Å²) in [5.74, 6) is -0.900. The average Bonchev–Trinajstić information content (AvgIpc) is 2.49. The number of amides is 1. The summed E-state index contributed by atoms with van der Waals surface area (Å²) in [6, 6.07) is 10.5. The molecule has 0 aliphatic carbocycles. The third-order valence-corrected chi connectivity index (χ3v) is 3.31. The Kier molecular flexibility index (Phi) is 4.54. The van der Waals surface area contributed by atoms with Crippen LogP contribution in [-0.2, 0) is 0 Å². The van der Waals surface area contributed by atoms with Crippen LogP contribution < -0.4 is 11.1 Å². The van der Waals surface area contributed by atoms with Gasteiger partial charge in [-0.1, -0.05) is 17.3 Å². The first-order valence-electron chi connectivity index (χ1n) is 5.85. The van der Waals surface area contributed by atoms with Gasteiger partial charge >= 0.3 is 0 Å². The second-order valence-electron chi connectivity index (χ2n) is 4.15. The molecule has 0 aromatic heterocycles.